The highest BCUT2D eigenvalue weighted by Crippen LogP contribution is 2.41. The Labute approximate surface area is 175 Å². The Morgan fingerprint density at radius 3 is 2.54 bits per heavy atom. The molecule has 26 heavy (non-hydrogen) atoms. The van der Waals surface area contributed by atoms with Crippen LogP contribution in [-0.2, 0) is 4.74 Å². The molecule has 0 spiro atoms. The van der Waals surface area contributed by atoms with E-state index in [4.69, 9.17) is 4.74 Å². The van der Waals surface area contributed by atoms with Gasteiger partial charge in [0.2, 0.25) is 0 Å². The molecule has 2 aliphatic rings. The third kappa shape index (κ3) is 6.09. The third-order valence-corrected chi connectivity index (χ3v) is 5.19. The van der Waals surface area contributed by atoms with Crippen LogP contribution in [0, 0.1) is 0 Å². The quantitative estimate of drug-likeness (QED) is 0.380. The van der Waals surface area contributed by atoms with Gasteiger partial charge in [0.15, 0.2) is 5.96 Å². The van der Waals surface area contributed by atoms with Crippen molar-refractivity contribution in [1.29, 1.82) is 0 Å². The van der Waals surface area contributed by atoms with Crippen molar-refractivity contribution in [3.05, 3.63) is 35.4 Å². The number of hydrogen-bond donors (Lipinski definition) is 2. The Morgan fingerprint density at radius 2 is 1.92 bits per heavy atom. The molecule has 2 unspecified atom stereocenters. The number of halogens is 1. The fourth-order valence-corrected chi connectivity index (χ4v) is 3.38. The first kappa shape index (κ1) is 21.4. The van der Waals surface area contributed by atoms with Gasteiger partial charge in [0.05, 0.1) is 13.2 Å². The summed E-state index contributed by atoms with van der Waals surface area (Å²) in [5, 5.41) is 7.00. The highest BCUT2D eigenvalue weighted by atomic mass is 127. The van der Waals surface area contributed by atoms with Gasteiger partial charge in [-0.05, 0) is 23.5 Å². The number of nitrogens with one attached hydrogen (secondary N) is 2. The molecule has 1 aromatic carbocycles. The first-order valence-corrected chi connectivity index (χ1v) is 9.54. The minimum absolute atomic E-state index is 0. The van der Waals surface area contributed by atoms with Crippen LogP contribution >= 0.6 is 24.0 Å². The summed E-state index contributed by atoms with van der Waals surface area (Å²) >= 11 is 0. The van der Waals surface area contributed by atoms with Crippen LogP contribution in [0.1, 0.15) is 43.2 Å². The average molecular weight is 472 g/mol. The van der Waals surface area contributed by atoms with Gasteiger partial charge in [0, 0.05) is 45.2 Å². The van der Waals surface area contributed by atoms with Gasteiger partial charge in [-0.1, -0.05) is 38.1 Å². The number of guanidine groups is 1. The van der Waals surface area contributed by atoms with E-state index in [9.17, 15) is 0 Å². The Bertz CT molecular complexity index is 570. The molecule has 0 aromatic heterocycles. The summed E-state index contributed by atoms with van der Waals surface area (Å²) in [5.41, 5.74) is 2.85. The van der Waals surface area contributed by atoms with Gasteiger partial charge in [-0.3, -0.25) is 9.89 Å². The van der Waals surface area contributed by atoms with Gasteiger partial charge in [-0.15, -0.1) is 24.0 Å². The van der Waals surface area contributed by atoms with Crippen molar-refractivity contribution >= 4 is 29.9 Å². The molecule has 1 aromatic rings. The standard InChI is InChI=1S/C20H32N4O.HI/c1-15(2)16-4-6-17(7-5-16)18-14-19(18)23-20(21-3)22-8-9-24-10-12-25-13-11-24;/h4-7,15,18-19H,8-14H2,1-3H3,(H2,21,22,23);1H. The van der Waals surface area contributed by atoms with Gasteiger partial charge in [-0.2, -0.15) is 0 Å². The van der Waals surface area contributed by atoms with Crippen LogP contribution in [0.3, 0.4) is 0 Å². The molecule has 0 bridgehead atoms. The molecule has 2 N–H and O–H groups in total. The van der Waals surface area contributed by atoms with Crippen LogP contribution in [-0.4, -0.2) is 63.3 Å². The van der Waals surface area contributed by atoms with E-state index in [1.807, 2.05) is 7.05 Å². The van der Waals surface area contributed by atoms with Crippen LogP contribution in [0.15, 0.2) is 29.3 Å². The van der Waals surface area contributed by atoms with Gasteiger partial charge < -0.3 is 15.4 Å². The van der Waals surface area contributed by atoms with E-state index >= 15 is 0 Å². The van der Waals surface area contributed by atoms with Crippen molar-refractivity contribution in [2.24, 2.45) is 4.99 Å². The van der Waals surface area contributed by atoms with E-state index in [1.54, 1.807) is 0 Å². The van der Waals surface area contributed by atoms with E-state index in [-0.39, 0.29) is 24.0 Å². The number of hydrogen-bond acceptors (Lipinski definition) is 3. The summed E-state index contributed by atoms with van der Waals surface area (Å²) in [6, 6.07) is 9.61. The maximum atomic E-state index is 5.39. The van der Waals surface area contributed by atoms with E-state index in [1.165, 1.54) is 17.5 Å². The van der Waals surface area contributed by atoms with Crippen molar-refractivity contribution in [3.8, 4) is 0 Å². The molecule has 1 aliphatic carbocycles. The largest absolute Gasteiger partial charge is 0.379 e. The second-order valence-corrected chi connectivity index (χ2v) is 7.37. The van der Waals surface area contributed by atoms with E-state index in [0.717, 1.165) is 45.4 Å². The van der Waals surface area contributed by atoms with Crippen LogP contribution in [0.2, 0.25) is 0 Å². The second kappa shape index (κ2) is 10.5. The molecule has 5 nitrogen and oxygen atoms in total. The topological polar surface area (TPSA) is 48.9 Å². The first-order chi connectivity index (χ1) is 12.2. The maximum absolute atomic E-state index is 5.39. The molecular formula is C20H33IN4O. The molecular weight excluding hydrogens is 439 g/mol. The van der Waals surface area contributed by atoms with Crippen LogP contribution in [0.25, 0.3) is 0 Å². The van der Waals surface area contributed by atoms with Crippen molar-refractivity contribution in [3.63, 3.8) is 0 Å². The van der Waals surface area contributed by atoms with Gasteiger partial charge in [-0.25, -0.2) is 0 Å². The summed E-state index contributed by atoms with van der Waals surface area (Å²) in [6.07, 6.45) is 1.19. The maximum Gasteiger partial charge on any atom is 0.191 e. The minimum atomic E-state index is 0. The van der Waals surface area contributed by atoms with Crippen molar-refractivity contribution in [2.75, 3.05) is 46.4 Å². The fourth-order valence-electron chi connectivity index (χ4n) is 3.38. The number of nitrogens with zero attached hydrogens (tertiary/aromatic N) is 2. The number of benzene rings is 1. The summed E-state index contributed by atoms with van der Waals surface area (Å²) in [4.78, 5) is 6.80. The molecule has 1 saturated heterocycles. The predicted molar refractivity (Wildman–Crippen MR) is 119 cm³/mol. The Balaban J connectivity index is 0.00000243. The molecule has 3 rings (SSSR count). The van der Waals surface area contributed by atoms with E-state index in [2.05, 4.69) is 58.6 Å². The number of rotatable bonds is 6. The zero-order valence-corrected chi connectivity index (χ0v) is 18.5. The Hall–Kier alpha value is -0.860. The van der Waals surface area contributed by atoms with Gasteiger partial charge in [0.1, 0.15) is 0 Å². The molecule has 1 saturated carbocycles. The fraction of sp³-hybridized carbons (Fsp3) is 0.650. The second-order valence-electron chi connectivity index (χ2n) is 7.37. The molecule has 146 valence electrons. The lowest BCUT2D eigenvalue weighted by molar-refractivity contribution is 0.0389. The smallest absolute Gasteiger partial charge is 0.191 e. The molecule has 2 atom stereocenters. The molecule has 1 heterocycles. The lowest BCUT2D eigenvalue weighted by Gasteiger charge is -2.26. The van der Waals surface area contributed by atoms with Crippen molar-refractivity contribution < 1.29 is 4.74 Å². The Kier molecular flexibility index (Phi) is 8.63. The number of morpholine rings is 1. The van der Waals surface area contributed by atoms with Crippen molar-refractivity contribution in [2.45, 2.75) is 38.1 Å². The summed E-state index contributed by atoms with van der Waals surface area (Å²) in [6.45, 7) is 10.2. The molecule has 1 aliphatic heterocycles. The first-order valence-electron chi connectivity index (χ1n) is 9.54. The van der Waals surface area contributed by atoms with E-state index in [0.29, 0.717) is 17.9 Å². The summed E-state index contributed by atoms with van der Waals surface area (Å²) in [7, 11) is 1.85. The molecule has 6 heteroatoms. The summed E-state index contributed by atoms with van der Waals surface area (Å²) in [5.74, 6) is 2.12. The highest BCUT2D eigenvalue weighted by Gasteiger charge is 2.38. The van der Waals surface area contributed by atoms with E-state index < -0.39 is 0 Å². The monoisotopic (exact) mass is 472 g/mol. The zero-order valence-electron chi connectivity index (χ0n) is 16.2. The van der Waals surface area contributed by atoms with Gasteiger partial charge in [0.25, 0.3) is 0 Å². The predicted octanol–water partition coefficient (Wildman–Crippen LogP) is 2.78. The number of aliphatic imine (C=N–C) groups is 1. The SMILES string of the molecule is CN=C(NCCN1CCOCC1)NC1CC1c1ccc(C(C)C)cc1.I. The summed E-state index contributed by atoms with van der Waals surface area (Å²) < 4.78 is 5.39. The lowest BCUT2D eigenvalue weighted by atomic mass is 10.0. The van der Waals surface area contributed by atoms with Crippen LogP contribution in [0.5, 0.6) is 0 Å². The highest BCUT2D eigenvalue weighted by molar-refractivity contribution is 14.0. The molecule has 0 radical (unpaired) electrons. The zero-order chi connectivity index (χ0) is 17.6. The number of ether oxygens (including phenoxy) is 1. The average Bonchev–Trinajstić information content (AvgIpc) is 3.41. The van der Waals surface area contributed by atoms with Crippen LogP contribution < -0.4 is 10.6 Å². The minimum Gasteiger partial charge on any atom is -0.379 e. The Morgan fingerprint density at radius 1 is 1.23 bits per heavy atom. The van der Waals surface area contributed by atoms with Crippen molar-refractivity contribution in [1.82, 2.24) is 15.5 Å². The molecule has 2 fully saturated rings. The lowest BCUT2D eigenvalue weighted by Crippen LogP contribution is -2.45. The normalized spacial score (nSPS) is 23.5. The van der Waals surface area contributed by atoms with Gasteiger partial charge >= 0.3 is 0 Å². The molecule has 0 amide bonds. The third-order valence-electron chi connectivity index (χ3n) is 5.19. The van der Waals surface area contributed by atoms with Crippen LogP contribution in [0.4, 0.5) is 0 Å².